The fourth-order valence-corrected chi connectivity index (χ4v) is 6.94. The summed E-state index contributed by atoms with van der Waals surface area (Å²) in [5.41, 5.74) is 0. The van der Waals surface area contributed by atoms with Gasteiger partial charge in [-0.05, 0) is 44.9 Å². The first kappa shape index (κ1) is 49.3. The zero-order valence-corrected chi connectivity index (χ0v) is 33.2. The summed E-state index contributed by atoms with van der Waals surface area (Å²) >= 11 is 0. The molecule has 1 aliphatic rings. The van der Waals surface area contributed by atoms with Crippen molar-refractivity contribution in [2.24, 2.45) is 0 Å². The average molecular weight is 779 g/mol. The van der Waals surface area contributed by atoms with Crippen molar-refractivity contribution >= 4 is 19.8 Å². The molecule has 1 fully saturated rings. The molecule has 0 aliphatic heterocycles. The van der Waals surface area contributed by atoms with E-state index in [1.54, 1.807) is 0 Å². The van der Waals surface area contributed by atoms with Crippen LogP contribution in [-0.4, -0.2) is 98.3 Å². The molecule has 0 aromatic heterocycles. The number of phosphoric ester groups is 1. The van der Waals surface area contributed by atoms with Crippen LogP contribution < -0.4 is 0 Å². The van der Waals surface area contributed by atoms with Gasteiger partial charge in [-0.25, -0.2) is 4.57 Å². The molecule has 0 aromatic carbocycles. The molecular weight excluding hydrogens is 707 g/mol. The van der Waals surface area contributed by atoms with E-state index in [0.29, 0.717) is 12.8 Å². The van der Waals surface area contributed by atoms with Gasteiger partial charge in [0.1, 0.15) is 43.2 Å². The second-order valence-electron chi connectivity index (χ2n) is 14.1. The summed E-state index contributed by atoms with van der Waals surface area (Å²) in [7, 11) is -5.11. The van der Waals surface area contributed by atoms with Gasteiger partial charge in [0.2, 0.25) is 0 Å². The highest BCUT2D eigenvalue weighted by atomic mass is 31.2. The molecule has 0 amide bonds. The lowest BCUT2D eigenvalue weighted by Gasteiger charge is -2.41. The van der Waals surface area contributed by atoms with E-state index in [0.717, 1.165) is 64.2 Å². The maximum atomic E-state index is 12.7. The van der Waals surface area contributed by atoms with Crippen molar-refractivity contribution in [2.75, 3.05) is 13.2 Å². The van der Waals surface area contributed by atoms with Gasteiger partial charge in [-0.2, -0.15) is 0 Å². The maximum Gasteiger partial charge on any atom is 0.472 e. The second-order valence-corrected chi connectivity index (χ2v) is 15.5. The number of phosphoric acid groups is 1. The molecule has 0 radical (unpaired) electrons. The first-order chi connectivity index (χ1) is 25.4. The Labute approximate surface area is 317 Å². The van der Waals surface area contributed by atoms with Crippen molar-refractivity contribution in [1.29, 1.82) is 0 Å². The third-order valence-electron chi connectivity index (χ3n) is 9.30. The number of esters is 2. The molecule has 1 saturated carbocycles. The molecule has 0 heterocycles. The first-order valence-electron chi connectivity index (χ1n) is 20.1. The number of unbranched alkanes of at least 4 members (excludes halogenated alkanes) is 16. The molecule has 0 spiro atoms. The minimum atomic E-state index is -5.11. The standard InChI is InChI=1S/C39H71O13P/c1-3-5-7-9-11-13-14-15-16-17-18-20-22-24-26-28-33(41)51-31(29-49-32(40)27-25-23-21-19-12-10-8-6-4-2)30-50-53(47,48)52-39-37(45)35(43)34(42)36(44)38(39)46/h11,13,15-16,31,34-39,42-46H,3-10,12,14,17-30H2,1-2H3,(H,47,48)/b13-11-,16-15-. The highest BCUT2D eigenvalue weighted by Gasteiger charge is 2.51. The van der Waals surface area contributed by atoms with Crippen LogP contribution in [0.15, 0.2) is 24.3 Å². The van der Waals surface area contributed by atoms with Gasteiger partial charge in [0, 0.05) is 12.8 Å². The highest BCUT2D eigenvalue weighted by molar-refractivity contribution is 7.47. The normalized spacial score (nSPS) is 23.7. The first-order valence-corrected chi connectivity index (χ1v) is 21.6. The van der Waals surface area contributed by atoms with E-state index in [9.17, 15) is 44.6 Å². The van der Waals surface area contributed by atoms with Crippen LogP contribution in [0.4, 0.5) is 0 Å². The number of hydrogen-bond acceptors (Lipinski definition) is 12. The third kappa shape index (κ3) is 23.8. The van der Waals surface area contributed by atoms with E-state index >= 15 is 0 Å². The monoisotopic (exact) mass is 778 g/mol. The maximum absolute atomic E-state index is 12.7. The Bertz CT molecular complexity index is 1040. The van der Waals surface area contributed by atoms with Crippen LogP contribution in [0, 0.1) is 0 Å². The van der Waals surface area contributed by atoms with Crippen LogP contribution >= 0.6 is 7.82 Å². The van der Waals surface area contributed by atoms with Crippen molar-refractivity contribution in [3.63, 3.8) is 0 Å². The molecule has 0 bridgehead atoms. The molecule has 6 unspecified atom stereocenters. The molecule has 53 heavy (non-hydrogen) atoms. The Morgan fingerprint density at radius 1 is 0.585 bits per heavy atom. The highest BCUT2D eigenvalue weighted by Crippen LogP contribution is 2.47. The number of rotatable bonds is 32. The van der Waals surface area contributed by atoms with Crippen molar-refractivity contribution in [3.8, 4) is 0 Å². The molecule has 1 rings (SSSR count). The number of carbonyl (C=O) groups excluding carboxylic acids is 2. The zero-order valence-electron chi connectivity index (χ0n) is 32.3. The molecule has 0 saturated heterocycles. The van der Waals surface area contributed by atoms with Crippen LogP contribution in [0.1, 0.15) is 155 Å². The topological polar surface area (TPSA) is 210 Å². The molecule has 13 nitrogen and oxygen atoms in total. The molecule has 310 valence electrons. The Hall–Kier alpha value is -1.67. The predicted molar refractivity (Wildman–Crippen MR) is 203 cm³/mol. The predicted octanol–water partition coefficient (Wildman–Crippen LogP) is 6.50. The Balaban J connectivity index is 2.53. The van der Waals surface area contributed by atoms with Crippen LogP contribution in [0.5, 0.6) is 0 Å². The van der Waals surface area contributed by atoms with Crippen LogP contribution in [0.3, 0.4) is 0 Å². The van der Waals surface area contributed by atoms with E-state index < -0.39 is 75.7 Å². The van der Waals surface area contributed by atoms with E-state index in [2.05, 4.69) is 38.2 Å². The number of aliphatic hydroxyl groups is 5. The lowest BCUT2D eigenvalue weighted by Crippen LogP contribution is -2.64. The fourth-order valence-electron chi connectivity index (χ4n) is 5.96. The van der Waals surface area contributed by atoms with Gasteiger partial charge in [0.05, 0.1) is 6.61 Å². The Morgan fingerprint density at radius 3 is 1.57 bits per heavy atom. The number of aliphatic hydroxyl groups excluding tert-OH is 5. The summed E-state index contributed by atoms with van der Waals surface area (Å²) in [6, 6.07) is 0. The zero-order chi connectivity index (χ0) is 39.3. The Morgan fingerprint density at radius 2 is 1.02 bits per heavy atom. The van der Waals surface area contributed by atoms with E-state index in [1.807, 2.05) is 0 Å². The summed E-state index contributed by atoms with van der Waals surface area (Å²) in [5, 5.41) is 49.9. The Kier molecular flexibility index (Phi) is 28.4. The van der Waals surface area contributed by atoms with Gasteiger partial charge in [0.15, 0.2) is 6.10 Å². The van der Waals surface area contributed by atoms with Gasteiger partial charge in [-0.1, -0.05) is 122 Å². The average Bonchev–Trinajstić information content (AvgIpc) is 3.13. The number of hydrogen-bond donors (Lipinski definition) is 6. The largest absolute Gasteiger partial charge is 0.472 e. The molecule has 1 aliphatic carbocycles. The molecule has 0 aromatic rings. The minimum Gasteiger partial charge on any atom is -0.462 e. The van der Waals surface area contributed by atoms with Crippen molar-refractivity contribution < 1.29 is 63.1 Å². The van der Waals surface area contributed by atoms with Gasteiger partial charge in [-0.3, -0.25) is 18.6 Å². The van der Waals surface area contributed by atoms with Gasteiger partial charge < -0.3 is 39.9 Å². The van der Waals surface area contributed by atoms with Crippen LogP contribution in [0.2, 0.25) is 0 Å². The van der Waals surface area contributed by atoms with Crippen molar-refractivity contribution in [3.05, 3.63) is 24.3 Å². The second kappa shape index (κ2) is 30.5. The van der Waals surface area contributed by atoms with Crippen molar-refractivity contribution in [2.45, 2.75) is 198 Å². The van der Waals surface area contributed by atoms with Gasteiger partial charge in [-0.15, -0.1) is 0 Å². The van der Waals surface area contributed by atoms with E-state index in [-0.39, 0.29) is 12.8 Å². The van der Waals surface area contributed by atoms with Crippen molar-refractivity contribution in [1.82, 2.24) is 0 Å². The third-order valence-corrected chi connectivity index (χ3v) is 10.3. The van der Waals surface area contributed by atoms with Gasteiger partial charge in [0.25, 0.3) is 0 Å². The SMILES string of the molecule is CCCCC/C=C\C/C=C\CCCCCCCC(=O)OC(COC(=O)CCCCCCCCCCC)COP(=O)(O)OC1C(O)C(O)C(O)C(O)C1O. The smallest absolute Gasteiger partial charge is 0.462 e. The molecule has 6 N–H and O–H groups in total. The fraction of sp³-hybridized carbons (Fsp3) is 0.846. The minimum absolute atomic E-state index is 0.0826. The molecular formula is C39H71O13P. The molecule has 14 heteroatoms. The number of carbonyl (C=O) groups is 2. The summed E-state index contributed by atoms with van der Waals surface area (Å²) in [6.45, 7) is 3.20. The number of allylic oxidation sites excluding steroid dienone is 4. The lowest BCUT2D eigenvalue weighted by molar-refractivity contribution is -0.220. The lowest BCUT2D eigenvalue weighted by atomic mass is 9.85. The number of ether oxygens (including phenoxy) is 2. The van der Waals surface area contributed by atoms with E-state index in [4.69, 9.17) is 18.5 Å². The summed E-state index contributed by atoms with van der Waals surface area (Å²) in [5.74, 6) is -1.12. The summed E-state index contributed by atoms with van der Waals surface area (Å²) in [4.78, 5) is 35.4. The van der Waals surface area contributed by atoms with E-state index in [1.165, 1.54) is 51.4 Å². The van der Waals surface area contributed by atoms with Crippen LogP contribution in [0.25, 0.3) is 0 Å². The summed E-state index contributed by atoms with van der Waals surface area (Å²) < 4.78 is 33.3. The molecule has 6 atom stereocenters. The quantitative estimate of drug-likeness (QED) is 0.0187. The summed E-state index contributed by atoms with van der Waals surface area (Å²) in [6.07, 6.45) is 16.9. The van der Waals surface area contributed by atoms with Crippen LogP contribution in [-0.2, 0) is 32.7 Å². The van der Waals surface area contributed by atoms with Gasteiger partial charge >= 0.3 is 19.8 Å².